The Bertz CT molecular complexity index is 472. The molecule has 0 unspecified atom stereocenters. The lowest BCUT2D eigenvalue weighted by Crippen LogP contribution is -1.91. The molecular weight excluding hydrogens is 296 g/mol. The van der Waals surface area contributed by atoms with Crippen LogP contribution in [0.2, 0.25) is 0 Å². The molecule has 2 nitrogen and oxygen atoms in total. The molecule has 0 aliphatic rings. The van der Waals surface area contributed by atoms with Gasteiger partial charge in [0.05, 0.1) is 0 Å². The van der Waals surface area contributed by atoms with Gasteiger partial charge in [0.25, 0.3) is 0 Å². The van der Waals surface area contributed by atoms with Crippen LogP contribution >= 0.6 is 0 Å². The van der Waals surface area contributed by atoms with Gasteiger partial charge in [-0.3, -0.25) is 4.79 Å². The highest BCUT2D eigenvalue weighted by molar-refractivity contribution is 5.66. The number of aliphatic carboxylic acids is 1. The molecule has 24 heavy (non-hydrogen) atoms. The third-order valence-corrected chi connectivity index (χ3v) is 3.22. The number of hydrogen-bond acceptors (Lipinski definition) is 1. The molecule has 0 radical (unpaired) electrons. The molecule has 0 aromatic rings. The third-order valence-electron chi connectivity index (χ3n) is 3.22. The quantitative estimate of drug-likeness (QED) is 0.170. The van der Waals surface area contributed by atoms with Crippen molar-refractivity contribution in [2.24, 2.45) is 0 Å². The van der Waals surface area contributed by atoms with E-state index in [1.54, 1.807) is 0 Å². The van der Waals surface area contributed by atoms with Crippen molar-refractivity contribution in [3.63, 3.8) is 0 Å². The Morgan fingerprint density at radius 2 is 1.50 bits per heavy atom. The Hall–Kier alpha value is -2.05. The molecule has 0 aliphatic carbocycles. The van der Waals surface area contributed by atoms with E-state index >= 15 is 0 Å². The normalized spacial score (nSPS) is 11.7. The van der Waals surface area contributed by atoms with Gasteiger partial charge in [-0.2, -0.15) is 0 Å². The number of carboxylic acid groups (broad SMARTS) is 1. The monoisotopic (exact) mass is 328 g/mol. The van der Waals surface area contributed by atoms with Crippen LogP contribution in [0.1, 0.15) is 64.7 Å². The third kappa shape index (κ3) is 19.9. The molecule has 0 amide bonds. The molecule has 0 fully saturated rings. The van der Waals surface area contributed by atoms with Gasteiger partial charge in [0.15, 0.2) is 0 Å². The van der Waals surface area contributed by atoms with E-state index in [0.717, 1.165) is 38.5 Å². The summed E-state index contributed by atoms with van der Waals surface area (Å²) in [6.45, 7) is 2.12. The average molecular weight is 328 g/mol. The molecule has 0 spiro atoms. The Kier molecular flexibility index (Phi) is 17.4. The van der Waals surface area contributed by atoms with E-state index in [0.29, 0.717) is 6.42 Å². The summed E-state index contributed by atoms with van der Waals surface area (Å²) in [6.07, 6.45) is 29.3. The van der Waals surface area contributed by atoms with Crippen molar-refractivity contribution in [3.05, 3.63) is 66.5 Å². The second kappa shape index (κ2) is 19.0. The van der Waals surface area contributed by atoms with Crippen LogP contribution in [0.15, 0.2) is 66.5 Å². The molecule has 0 aromatic heterocycles. The minimum atomic E-state index is -0.726. The minimum Gasteiger partial charge on any atom is -0.481 e. The van der Waals surface area contributed by atoms with Crippen LogP contribution < -0.4 is 0 Å². The molecule has 0 aliphatic heterocycles. The van der Waals surface area contributed by atoms with Gasteiger partial charge < -0.3 is 5.11 Å². The van der Waals surface area contributed by atoms with Gasteiger partial charge >= 0.3 is 5.97 Å². The second-order valence-electron chi connectivity index (χ2n) is 5.48. The van der Waals surface area contributed by atoms with E-state index < -0.39 is 5.97 Å². The zero-order valence-electron chi connectivity index (χ0n) is 15.0. The molecule has 1 N–H and O–H groups in total. The predicted octanol–water partition coefficient (Wildman–Crippen LogP) is 6.54. The first-order valence-corrected chi connectivity index (χ1v) is 9.00. The zero-order chi connectivity index (χ0) is 17.7. The Labute approximate surface area is 147 Å². The van der Waals surface area contributed by atoms with Gasteiger partial charge in [-0.1, -0.05) is 55.5 Å². The average Bonchev–Trinajstić information content (AvgIpc) is 2.56. The SMILES string of the molecule is CCC=CC=C=CCC=CCC=CCCCCC=CCCC(=O)O. The van der Waals surface area contributed by atoms with Crippen molar-refractivity contribution in [1.29, 1.82) is 0 Å². The summed E-state index contributed by atoms with van der Waals surface area (Å²) < 4.78 is 0. The Morgan fingerprint density at radius 1 is 0.875 bits per heavy atom. The van der Waals surface area contributed by atoms with Crippen molar-refractivity contribution < 1.29 is 9.90 Å². The van der Waals surface area contributed by atoms with Crippen LogP contribution in [0.25, 0.3) is 0 Å². The fraction of sp³-hybridized carbons (Fsp3) is 0.455. The van der Waals surface area contributed by atoms with E-state index in [1.165, 1.54) is 6.42 Å². The van der Waals surface area contributed by atoms with Crippen LogP contribution in [-0.2, 0) is 4.79 Å². The molecule has 0 saturated heterocycles. The lowest BCUT2D eigenvalue weighted by molar-refractivity contribution is -0.136. The van der Waals surface area contributed by atoms with Gasteiger partial charge in [0.1, 0.15) is 0 Å². The van der Waals surface area contributed by atoms with Crippen LogP contribution in [0, 0.1) is 0 Å². The highest BCUT2D eigenvalue weighted by Gasteiger charge is 1.91. The number of unbranched alkanes of at least 4 members (excludes halogenated alkanes) is 3. The molecule has 0 heterocycles. The standard InChI is InChI=1S/C22H32O2/c1-2-3-4-5-6-7-8-9-10-11-12-13-14-15-16-17-18-19-20-21-22(23)24/h3-5,7,9-10,12-13,18-19H,2,8,11,14-17,20-21H2,1H3,(H,23,24). The van der Waals surface area contributed by atoms with Gasteiger partial charge in [-0.15, -0.1) is 5.73 Å². The van der Waals surface area contributed by atoms with Crippen molar-refractivity contribution >= 4 is 5.97 Å². The molecular formula is C22H32O2. The summed E-state index contributed by atoms with van der Waals surface area (Å²) >= 11 is 0. The van der Waals surface area contributed by atoms with Gasteiger partial charge in [0, 0.05) is 6.42 Å². The molecule has 132 valence electrons. The fourth-order valence-electron chi connectivity index (χ4n) is 1.92. The highest BCUT2D eigenvalue weighted by atomic mass is 16.4. The summed E-state index contributed by atoms with van der Waals surface area (Å²) in [5.41, 5.74) is 3.13. The van der Waals surface area contributed by atoms with Crippen molar-refractivity contribution in [1.82, 2.24) is 0 Å². The first-order valence-electron chi connectivity index (χ1n) is 9.00. The Balaban J connectivity index is 3.46. The van der Waals surface area contributed by atoms with E-state index in [-0.39, 0.29) is 6.42 Å². The first-order chi connectivity index (χ1) is 11.8. The molecule has 0 saturated carbocycles. The number of carboxylic acids is 1. The highest BCUT2D eigenvalue weighted by Crippen LogP contribution is 2.03. The van der Waals surface area contributed by atoms with Crippen LogP contribution in [0.4, 0.5) is 0 Å². The fourth-order valence-corrected chi connectivity index (χ4v) is 1.92. The molecule has 0 bridgehead atoms. The van der Waals surface area contributed by atoms with Crippen molar-refractivity contribution in [2.45, 2.75) is 64.7 Å². The van der Waals surface area contributed by atoms with Crippen LogP contribution in [0.3, 0.4) is 0 Å². The van der Waals surface area contributed by atoms with E-state index in [4.69, 9.17) is 5.11 Å². The Morgan fingerprint density at radius 3 is 2.21 bits per heavy atom. The van der Waals surface area contributed by atoms with Gasteiger partial charge in [-0.05, 0) is 63.5 Å². The number of carbonyl (C=O) groups is 1. The molecule has 0 aromatic carbocycles. The van der Waals surface area contributed by atoms with Gasteiger partial charge in [-0.25, -0.2) is 0 Å². The largest absolute Gasteiger partial charge is 0.481 e. The van der Waals surface area contributed by atoms with E-state index in [2.05, 4.69) is 49.1 Å². The number of hydrogen-bond donors (Lipinski definition) is 1. The molecule has 2 heteroatoms. The zero-order valence-corrected chi connectivity index (χ0v) is 15.0. The van der Waals surface area contributed by atoms with Crippen molar-refractivity contribution in [2.75, 3.05) is 0 Å². The topological polar surface area (TPSA) is 37.3 Å². The maximum Gasteiger partial charge on any atom is 0.303 e. The van der Waals surface area contributed by atoms with Crippen LogP contribution in [-0.4, -0.2) is 11.1 Å². The van der Waals surface area contributed by atoms with Crippen molar-refractivity contribution in [3.8, 4) is 0 Å². The molecule has 0 atom stereocenters. The predicted molar refractivity (Wildman–Crippen MR) is 104 cm³/mol. The maximum atomic E-state index is 10.3. The molecule has 0 rings (SSSR count). The smallest absolute Gasteiger partial charge is 0.303 e. The summed E-state index contributed by atoms with van der Waals surface area (Å²) in [5, 5.41) is 8.50. The van der Waals surface area contributed by atoms with Gasteiger partial charge in [0.2, 0.25) is 0 Å². The number of allylic oxidation sites excluding steroid dienone is 9. The van der Waals surface area contributed by atoms with Crippen LogP contribution in [0.5, 0.6) is 0 Å². The lowest BCUT2D eigenvalue weighted by Gasteiger charge is -1.93. The summed E-state index contributed by atoms with van der Waals surface area (Å²) in [6, 6.07) is 0. The maximum absolute atomic E-state index is 10.3. The van der Waals surface area contributed by atoms with E-state index in [9.17, 15) is 4.79 Å². The first kappa shape index (κ1) is 21.9. The summed E-state index contributed by atoms with van der Waals surface area (Å²) in [7, 11) is 0. The summed E-state index contributed by atoms with van der Waals surface area (Å²) in [4.78, 5) is 10.3. The van der Waals surface area contributed by atoms with E-state index in [1.807, 2.05) is 24.3 Å². The number of rotatable bonds is 14. The second-order valence-corrected chi connectivity index (χ2v) is 5.48. The summed E-state index contributed by atoms with van der Waals surface area (Å²) in [5.74, 6) is -0.726. The minimum absolute atomic E-state index is 0.231. The lowest BCUT2D eigenvalue weighted by atomic mass is 10.1.